The smallest absolute Gasteiger partial charge is 0.125 e. The Morgan fingerprint density at radius 3 is 2.47 bits per heavy atom. The van der Waals surface area contributed by atoms with Gasteiger partial charge in [0.2, 0.25) is 0 Å². The first-order valence-electron chi connectivity index (χ1n) is 4.97. The second-order valence-electron chi connectivity index (χ2n) is 3.79. The fourth-order valence-electron chi connectivity index (χ4n) is 1.73. The maximum atomic E-state index is 6.16. The Kier molecular flexibility index (Phi) is 2.67. The zero-order valence-corrected chi connectivity index (χ0v) is 10.0. The average molecular weight is 221 g/mol. The molecule has 2 rings (SSSR count). The summed E-state index contributed by atoms with van der Waals surface area (Å²) in [5, 5.41) is 0. The predicted octanol–water partition coefficient (Wildman–Crippen LogP) is 3.31. The fourth-order valence-corrected chi connectivity index (χ4v) is 2.71. The maximum absolute atomic E-state index is 6.16. The van der Waals surface area contributed by atoms with Crippen LogP contribution in [-0.2, 0) is 0 Å². The van der Waals surface area contributed by atoms with Crippen molar-refractivity contribution in [2.45, 2.75) is 26.8 Å². The van der Waals surface area contributed by atoms with E-state index in [0.29, 0.717) is 0 Å². The van der Waals surface area contributed by atoms with Crippen molar-refractivity contribution in [3.63, 3.8) is 0 Å². The van der Waals surface area contributed by atoms with Crippen LogP contribution in [0.25, 0.3) is 0 Å². The molecule has 0 aromatic carbocycles. The summed E-state index contributed by atoms with van der Waals surface area (Å²) in [5.41, 5.74) is 7.33. The van der Waals surface area contributed by atoms with Crippen LogP contribution < -0.4 is 5.73 Å². The minimum atomic E-state index is -0.136. The SMILES string of the molecule is Cc1ccc(C(N)c2cc(C)sc2C)o1. The van der Waals surface area contributed by atoms with E-state index >= 15 is 0 Å². The predicted molar refractivity (Wildman–Crippen MR) is 63.3 cm³/mol. The zero-order valence-electron chi connectivity index (χ0n) is 9.20. The molecular weight excluding hydrogens is 206 g/mol. The van der Waals surface area contributed by atoms with Crippen molar-refractivity contribution in [2.24, 2.45) is 5.73 Å². The van der Waals surface area contributed by atoms with E-state index in [0.717, 1.165) is 11.5 Å². The quantitative estimate of drug-likeness (QED) is 0.845. The Bertz CT molecular complexity index is 470. The van der Waals surface area contributed by atoms with Crippen molar-refractivity contribution in [3.05, 3.63) is 45.0 Å². The van der Waals surface area contributed by atoms with Gasteiger partial charge in [-0.25, -0.2) is 0 Å². The number of thiophene rings is 1. The van der Waals surface area contributed by atoms with Crippen molar-refractivity contribution < 1.29 is 4.42 Å². The highest BCUT2D eigenvalue weighted by Crippen LogP contribution is 2.29. The maximum Gasteiger partial charge on any atom is 0.125 e. The lowest BCUT2D eigenvalue weighted by Crippen LogP contribution is -2.10. The van der Waals surface area contributed by atoms with Gasteiger partial charge in [-0.05, 0) is 44.5 Å². The van der Waals surface area contributed by atoms with Gasteiger partial charge in [0.25, 0.3) is 0 Å². The first-order chi connectivity index (χ1) is 7.08. The summed E-state index contributed by atoms with van der Waals surface area (Å²) in [6.07, 6.45) is 0. The summed E-state index contributed by atoms with van der Waals surface area (Å²) < 4.78 is 5.54. The molecule has 0 saturated carbocycles. The molecule has 2 N–H and O–H groups in total. The zero-order chi connectivity index (χ0) is 11.0. The summed E-state index contributed by atoms with van der Waals surface area (Å²) in [6.45, 7) is 6.13. The van der Waals surface area contributed by atoms with Crippen LogP contribution in [-0.4, -0.2) is 0 Å². The lowest BCUT2D eigenvalue weighted by molar-refractivity contribution is 0.466. The van der Waals surface area contributed by atoms with Crippen LogP contribution in [0.1, 0.15) is 32.9 Å². The molecule has 0 aliphatic rings. The summed E-state index contributed by atoms with van der Waals surface area (Å²) in [7, 11) is 0. The highest BCUT2D eigenvalue weighted by molar-refractivity contribution is 7.12. The summed E-state index contributed by atoms with van der Waals surface area (Å²) in [4.78, 5) is 2.57. The molecule has 0 radical (unpaired) electrons. The van der Waals surface area contributed by atoms with E-state index < -0.39 is 0 Å². The van der Waals surface area contributed by atoms with Gasteiger partial charge >= 0.3 is 0 Å². The minimum absolute atomic E-state index is 0.136. The third-order valence-electron chi connectivity index (χ3n) is 2.48. The Hall–Kier alpha value is -1.06. The molecule has 3 heteroatoms. The molecule has 2 nitrogen and oxygen atoms in total. The monoisotopic (exact) mass is 221 g/mol. The highest BCUT2D eigenvalue weighted by atomic mass is 32.1. The second-order valence-corrected chi connectivity index (χ2v) is 5.26. The van der Waals surface area contributed by atoms with Crippen LogP contribution in [0.3, 0.4) is 0 Å². The fraction of sp³-hybridized carbons (Fsp3) is 0.333. The Morgan fingerprint density at radius 1 is 1.27 bits per heavy atom. The van der Waals surface area contributed by atoms with Gasteiger partial charge < -0.3 is 10.2 Å². The first kappa shape index (κ1) is 10.5. The molecule has 0 aliphatic carbocycles. The number of rotatable bonds is 2. The van der Waals surface area contributed by atoms with Gasteiger partial charge in [-0.3, -0.25) is 0 Å². The Labute approximate surface area is 93.7 Å². The molecule has 1 unspecified atom stereocenters. The van der Waals surface area contributed by atoms with E-state index in [4.69, 9.17) is 10.2 Å². The van der Waals surface area contributed by atoms with Crippen molar-refractivity contribution in [2.75, 3.05) is 0 Å². The second kappa shape index (κ2) is 3.83. The van der Waals surface area contributed by atoms with E-state index in [2.05, 4.69) is 19.9 Å². The standard InChI is InChI=1S/C12H15NOS/c1-7-4-5-11(14-7)12(13)10-6-8(2)15-9(10)3/h4-6,12H,13H2,1-3H3. The van der Waals surface area contributed by atoms with Crippen LogP contribution in [0.4, 0.5) is 0 Å². The van der Waals surface area contributed by atoms with Gasteiger partial charge in [-0.2, -0.15) is 0 Å². The van der Waals surface area contributed by atoms with E-state index in [9.17, 15) is 0 Å². The molecule has 2 aromatic heterocycles. The van der Waals surface area contributed by atoms with Gasteiger partial charge in [-0.1, -0.05) is 0 Å². The molecule has 0 fully saturated rings. The van der Waals surface area contributed by atoms with E-state index in [1.807, 2.05) is 19.1 Å². The number of furan rings is 1. The number of hydrogen-bond donors (Lipinski definition) is 1. The number of nitrogens with two attached hydrogens (primary N) is 1. The van der Waals surface area contributed by atoms with Crippen LogP contribution in [0, 0.1) is 20.8 Å². The number of aryl methyl sites for hydroxylation is 3. The van der Waals surface area contributed by atoms with Gasteiger partial charge in [-0.15, -0.1) is 11.3 Å². The van der Waals surface area contributed by atoms with Crippen LogP contribution >= 0.6 is 11.3 Å². The van der Waals surface area contributed by atoms with Gasteiger partial charge in [0, 0.05) is 9.75 Å². The molecule has 0 amide bonds. The van der Waals surface area contributed by atoms with E-state index in [-0.39, 0.29) is 6.04 Å². The van der Waals surface area contributed by atoms with Crippen LogP contribution in [0.15, 0.2) is 22.6 Å². The molecule has 0 bridgehead atoms. The van der Waals surface area contributed by atoms with Crippen molar-refractivity contribution in [3.8, 4) is 0 Å². The van der Waals surface area contributed by atoms with E-state index in [1.54, 1.807) is 11.3 Å². The van der Waals surface area contributed by atoms with Crippen LogP contribution in [0.2, 0.25) is 0 Å². The minimum Gasteiger partial charge on any atom is -0.464 e. The van der Waals surface area contributed by atoms with Gasteiger partial charge in [0.05, 0.1) is 6.04 Å². The summed E-state index contributed by atoms with van der Waals surface area (Å²) in [5.74, 6) is 1.75. The lowest BCUT2D eigenvalue weighted by atomic mass is 10.1. The number of hydrogen-bond acceptors (Lipinski definition) is 3. The largest absolute Gasteiger partial charge is 0.464 e. The average Bonchev–Trinajstić information content (AvgIpc) is 2.71. The third kappa shape index (κ3) is 1.98. The van der Waals surface area contributed by atoms with Gasteiger partial charge in [0.15, 0.2) is 0 Å². The molecule has 2 heterocycles. The molecule has 0 spiro atoms. The Balaban J connectivity index is 2.35. The third-order valence-corrected chi connectivity index (χ3v) is 3.46. The van der Waals surface area contributed by atoms with Crippen molar-refractivity contribution in [1.82, 2.24) is 0 Å². The lowest BCUT2D eigenvalue weighted by Gasteiger charge is -2.07. The summed E-state index contributed by atoms with van der Waals surface area (Å²) >= 11 is 1.78. The molecule has 15 heavy (non-hydrogen) atoms. The summed E-state index contributed by atoms with van der Waals surface area (Å²) in [6, 6.07) is 5.90. The van der Waals surface area contributed by atoms with Crippen molar-refractivity contribution >= 4 is 11.3 Å². The molecule has 0 saturated heterocycles. The Morgan fingerprint density at radius 2 is 2.00 bits per heavy atom. The van der Waals surface area contributed by atoms with E-state index in [1.165, 1.54) is 15.3 Å². The molecule has 80 valence electrons. The van der Waals surface area contributed by atoms with Crippen molar-refractivity contribution in [1.29, 1.82) is 0 Å². The molecule has 2 aromatic rings. The topological polar surface area (TPSA) is 39.2 Å². The van der Waals surface area contributed by atoms with Gasteiger partial charge in [0.1, 0.15) is 11.5 Å². The molecular formula is C12H15NOS. The highest BCUT2D eigenvalue weighted by Gasteiger charge is 2.16. The normalized spacial score (nSPS) is 13.1. The molecule has 0 aliphatic heterocycles. The first-order valence-corrected chi connectivity index (χ1v) is 5.78. The molecule has 1 atom stereocenters. The van der Waals surface area contributed by atoms with Crippen LogP contribution in [0.5, 0.6) is 0 Å².